The molecule has 32 heavy (non-hydrogen) atoms. The number of carbonyl (C=O) groups is 1. The average molecular weight is 446 g/mol. The number of ketones is 1. The molecule has 0 saturated heterocycles. The normalized spacial score (nSPS) is 28.3. The second kappa shape index (κ2) is 7.84. The molecule has 3 aromatic rings. The molecule has 0 spiro atoms. The SMILES string of the molecule is O=C(CSc1nc2ccccc2c(=O)n1Cc1cccnc1)C12CC3CC(CC(C3)C1)C2. The Labute approximate surface area is 191 Å². The van der Waals surface area contributed by atoms with E-state index in [1.54, 1.807) is 17.0 Å². The van der Waals surface area contributed by atoms with Crippen molar-refractivity contribution in [2.45, 2.75) is 50.2 Å². The monoisotopic (exact) mass is 445 g/mol. The van der Waals surface area contributed by atoms with E-state index in [1.807, 2.05) is 36.4 Å². The molecule has 2 aromatic heterocycles. The molecule has 4 saturated carbocycles. The second-order valence-corrected chi connectivity index (χ2v) is 11.0. The molecule has 164 valence electrons. The van der Waals surface area contributed by atoms with Gasteiger partial charge in [0.15, 0.2) is 5.16 Å². The third-order valence-corrected chi connectivity index (χ3v) is 8.83. The van der Waals surface area contributed by atoms with Gasteiger partial charge in [0.1, 0.15) is 5.78 Å². The summed E-state index contributed by atoms with van der Waals surface area (Å²) < 4.78 is 1.71. The highest BCUT2D eigenvalue weighted by atomic mass is 32.2. The summed E-state index contributed by atoms with van der Waals surface area (Å²) in [7, 11) is 0. The van der Waals surface area contributed by atoms with E-state index in [0.29, 0.717) is 34.1 Å². The summed E-state index contributed by atoms with van der Waals surface area (Å²) >= 11 is 1.43. The molecule has 0 radical (unpaired) electrons. The lowest BCUT2D eigenvalue weighted by atomic mass is 9.48. The predicted molar refractivity (Wildman–Crippen MR) is 126 cm³/mol. The highest BCUT2D eigenvalue weighted by molar-refractivity contribution is 7.99. The fraction of sp³-hybridized carbons (Fsp3) is 0.462. The fourth-order valence-corrected chi connectivity index (χ4v) is 7.84. The Morgan fingerprint density at radius 1 is 1.03 bits per heavy atom. The van der Waals surface area contributed by atoms with Gasteiger partial charge in [-0.2, -0.15) is 0 Å². The molecule has 0 amide bonds. The molecular weight excluding hydrogens is 418 g/mol. The Morgan fingerprint density at radius 2 is 1.75 bits per heavy atom. The molecule has 2 heterocycles. The van der Waals surface area contributed by atoms with E-state index in [2.05, 4.69) is 4.98 Å². The molecule has 4 aliphatic rings. The van der Waals surface area contributed by atoms with E-state index in [0.717, 1.165) is 42.6 Å². The topological polar surface area (TPSA) is 64.8 Å². The Morgan fingerprint density at radius 3 is 2.44 bits per heavy atom. The largest absolute Gasteiger partial charge is 0.298 e. The number of para-hydroxylation sites is 1. The third kappa shape index (κ3) is 3.49. The van der Waals surface area contributed by atoms with E-state index in [1.165, 1.54) is 31.0 Å². The van der Waals surface area contributed by atoms with E-state index in [4.69, 9.17) is 4.98 Å². The smallest absolute Gasteiger partial charge is 0.262 e. The molecule has 0 unspecified atom stereocenters. The van der Waals surface area contributed by atoms with E-state index < -0.39 is 0 Å². The van der Waals surface area contributed by atoms with Crippen LogP contribution in [0.3, 0.4) is 0 Å². The van der Waals surface area contributed by atoms with Crippen molar-refractivity contribution in [3.63, 3.8) is 0 Å². The lowest BCUT2D eigenvalue weighted by Gasteiger charge is -2.56. The number of hydrogen-bond donors (Lipinski definition) is 0. The Kier molecular flexibility index (Phi) is 4.94. The molecular formula is C26H27N3O2S. The third-order valence-electron chi connectivity index (χ3n) is 7.85. The molecule has 0 aliphatic heterocycles. The van der Waals surface area contributed by atoms with Crippen molar-refractivity contribution >= 4 is 28.4 Å². The molecule has 0 N–H and O–H groups in total. The number of pyridine rings is 1. The van der Waals surface area contributed by atoms with Gasteiger partial charge in [0.2, 0.25) is 0 Å². The molecule has 6 heteroatoms. The van der Waals surface area contributed by atoms with Gasteiger partial charge in [-0.1, -0.05) is 30.0 Å². The maximum Gasteiger partial charge on any atom is 0.262 e. The van der Waals surface area contributed by atoms with Gasteiger partial charge in [0.05, 0.1) is 23.2 Å². The summed E-state index contributed by atoms with van der Waals surface area (Å²) in [5.74, 6) is 3.01. The summed E-state index contributed by atoms with van der Waals surface area (Å²) in [6.07, 6.45) is 10.7. The van der Waals surface area contributed by atoms with Gasteiger partial charge in [-0.05, 0) is 80.0 Å². The number of nitrogens with zero attached hydrogens (tertiary/aromatic N) is 3. The first kappa shape index (κ1) is 20.2. The van der Waals surface area contributed by atoms with Crippen molar-refractivity contribution in [1.29, 1.82) is 0 Å². The number of thioether (sulfide) groups is 1. The van der Waals surface area contributed by atoms with Gasteiger partial charge in [-0.15, -0.1) is 0 Å². The van der Waals surface area contributed by atoms with Crippen LogP contribution in [0.4, 0.5) is 0 Å². The molecule has 1 aromatic carbocycles. The minimum Gasteiger partial charge on any atom is -0.298 e. The van der Waals surface area contributed by atoms with Crippen LogP contribution in [0.15, 0.2) is 58.7 Å². The minimum absolute atomic E-state index is 0.0655. The van der Waals surface area contributed by atoms with Crippen LogP contribution in [-0.2, 0) is 11.3 Å². The summed E-state index contributed by atoms with van der Waals surface area (Å²) in [4.78, 5) is 35.9. The first-order chi connectivity index (χ1) is 15.6. The lowest BCUT2D eigenvalue weighted by Crippen LogP contribution is -2.50. The Balaban J connectivity index is 1.30. The molecule has 7 rings (SSSR count). The summed E-state index contributed by atoms with van der Waals surface area (Å²) in [6, 6.07) is 11.3. The predicted octanol–water partition coefficient (Wildman–Crippen LogP) is 4.72. The van der Waals surface area contributed by atoms with Crippen LogP contribution in [0.2, 0.25) is 0 Å². The van der Waals surface area contributed by atoms with Crippen LogP contribution in [0.1, 0.15) is 44.1 Å². The van der Waals surface area contributed by atoms with Crippen molar-refractivity contribution in [2.75, 3.05) is 5.75 Å². The van der Waals surface area contributed by atoms with Crippen LogP contribution in [0.25, 0.3) is 10.9 Å². The molecule has 4 aliphatic carbocycles. The first-order valence-corrected chi connectivity index (χ1v) is 12.6. The molecule has 5 nitrogen and oxygen atoms in total. The van der Waals surface area contributed by atoms with E-state index >= 15 is 0 Å². The lowest BCUT2D eigenvalue weighted by molar-refractivity contribution is -0.141. The zero-order chi connectivity index (χ0) is 21.7. The highest BCUT2D eigenvalue weighted by Gasteiger charge is 2.54. The number of carbonyl (C=O) groups excluding carboxylic acids is 1. The fourth-order valence-electron chi connectivity index (χ4n) is 6.81. The van der Waals surface area contributed by atoms with E-state index in [9.17, 15) is 9.59 Å². The zero-order valence-electron chi connectivity index (χ0n) is 18.1. The van der Waals surface area contributed by atoms with Gasteiger partial charge >= 0.3 is 0 Å². The van der Waals surface area contributed by atoms with Crippen LogP contribution < -0.4 is 5.56 Å². The summed E-state index contributed by atoms with van der Waals surface area (Å²) in [5.41, 5.74) is 1.45. The van der Waals surface area contributed by atoms with Gasteiger partial charge < -0.3 is 0 Å². The van der Waals surface area contributed by atoms with Crippen LogP contribution in [-0.4, -0.2) is 26.1 Å². The van der Waals surface area contributed by atoms with Crippen molar-refractivity contribution < 1.29 is 4.79 Å². The summed E-state index contributed by atoms with van der Waals surface area (Å²) in [6.45, 7) is 0.401. The highest BCUT2D eigenvalue weighted by Crippen LogP contribution is 2.60. The van der Waals surface area contributed by atoms with Crippen LogP contribution in [0, 0.1) is 23.2 Å². The Bertz CT molecular complexity index is 1200. The number of Topliss-reactive ketones (excluding diaryl/α,β-unsaturated/α-hetero) is 1. The second-order valence-electron chi connectivity index (χ2n) is 10.1. The van der Waals surface area contributed by atoms with Crippen molar-refractivity contribution in [3.8, 4) is 0 Å². The van der Waals surface area contributed by atoms with Crippen LogP contribution >= 0.6 is 11.8 Å². The quantitative estimate of drug-likeness (QED) is 0.406. The first-order valence-electron chi connectivity index (χ1n) is 11.6. The number of hydrogen-bond acceptors (Lipinski definition) is 5. The molecule has 4 fully saturated rings. The average Bonchev–Trinajstić information content (AvgIpc) is 2.79. The van der Waals surface area contributed by atoms with Gasteiger partial charge in [-0.25, -0.2) is 4.98 Å². The standard InChI is InChI=1S/C26H27N3O2S/c30-23(26-11-18-8-19(12-26)10-20(9-18)13-26)16-32-25-28-22-6-2-1-5-21(22)24(31)29(25)15-17-4-3-7-27-14-17/h1-7,14,18-20H,8-13,15-16H2. The van der Waals surface area contributed by atoms with E-state index in [-0.39, 0.29) is 11.0 Å². The molecule has 0 atom stereocenters. The van der Waals surface area contributed by atoms with Crippen LogP contribution in [0.5, 0.6) is 0 Å². The number of aromatic nitrogens is 3. The van der Waals surface area contributed by atoms with Gasteiger partial charge in [0, 0.05) is 17.8 Å². The maximum atomic E-state index is 13.5. The number of benzene rings is 1. The van der Waals surface area contributed by atoms with Gasteiger partial charge in [-0.3, -0.25) is 19.1 Å². The van der Waals surface area contributed by atoms with Crippen molar-refractivity contribution in [2.24, 2.45) is 23.2 Å². The van der Waals surface area contributed by atoms with Crippen molar-refractivity contribution in [3.05, 3.63) is 64.7 Å². The summed E-state index contributed by atoms with van der Waals surface area (Å²) in [5, 5.41) is 1.23. The molecule has 4 bridgehead atoms. The van der Waals surface area contributed by atoms with Gasteiger partial charge in [0.25, 0.3) is 5.56 Å². The Hall–Kier alpha value is -2.47. The minimum atomic E-state index is -0.118. The number of fused-ring (bicyclic) bond motifs is 1. The maximum absolute atomic E-state index is 13.5. The zero-order valence-corrected chi connectivity index (χ0v) is 18.9. The number of rotatable bonds is 6. The van der Waals surface area contributed by atoms with Crippen molar-refractivity contribution in [1.82, 2.24) is 14.5 Å².